The molecule has 5 heteroatoms. The summed E-state index contributed by atoms with van der Waals surface area (Å²) in [7, 11) is -2.39. The second kappa shape index (κ2) is 4.87. The summed E-state index contributed by atoms with van der Waals surface area (Å²) in [6.45, 7) is 4.60. The molecule has 1 heterocycles. The number of nitrogens with zero attached hydrogens (tertiary/aromatic N) is 1. The largest absolute Gasteiger partial charge is 0.330 e. The van der Waals surface area contributed by atoms with Gasteiger partial charge in [-0.15, -0.1) is 0 Å². The Hall–Kier alpha value is -1.12. The lowest BCUT2D eigenvalue weighted by atomic mass is 10.1. The molecule has 1 atom stereocenters. The molecule has 0 radical (unpaired) electrons. The normalized spacial score (nSPS) is 20.5. The summed E-state index contributed by atoms with van der Waals surface area (Å²) in [5.74, 6) is 0.282. The third-order valence-corrected chi connectivity index (χ3v) is 4.83. The maximum atomic E-state index is 12.3. The van der Waals surface area contributed by atoms with E-state index in [-0.39, 0.29) is 11.8 Å². The Morgan fingerprint density at radius 1 is 1.39 bits per heavy atom. The summed E-state index contributed by atoms with van der Waals surface area (Å²) in [6, 6.07) is 7.45. The lowest BCUT2D eigenvalue weighted by molar-refractivity contribution is -0.117. The maximum absolute atomic E-state index is 12.3. The van der Waals surface area contributed by atoms with Crippen LogP contribution in [0.4, 0.5) is 5.69 Å². The number of carbonyl (C=O) groups is 1. The Morgan fingerprint density at radius 2 is 2.06 bits per heavy atom. The Bertz CT molecular complexity index is 509. The van der Waals surface area contributed by atoms with Gasteiger partial charge >= 0.3 is 0 Å². The van der Waals surface area contributed by atoms with Crippen LogP contribution in [0.2, 0.25) is 0 Å². The maximum Gasteiger partial charge on any atom is 0.227 e. The molecule has 0 aromatic heterocycles. The number of carbonyl (C=O) groups excluding carboxylic acids is 1. The van der Waals surface area contributed by atoms with Crippen LogP contribution < -0.4 is 15.9 Å². The average Bonchev–Trinajstić information content (AvgIpc) is 2.69. The van der Waals surface area contributed by atoms with E-state index in [0.717, 1.165) is 11.0 Å². The molecule has 1 fully saturated rings. The van der Waals surface area contributed by atoms with Crippen LogP contribution in [0, 0.1) is 5.92 Å². The van der Waals surface area contributed by atoms with E-state index >= 15 is 0 Å². The van der Waals surface area contributed by atoms with Crippen LogP contribution in [0.3, 0.4) is 0 Å². The number of hydrogen-bond acceptors (Lipinski definition) is 3. The van der Waals surface area contributed by atoms with Crippen LogP contribution in [-0.2, 0) is 9.36 Å². The van der Waals surface area contributed by atoms with Crippen molar-refractivity contribution in [1.82, 2.24) is 0 Å². The first-order valence-corrected chi connectivity index (χ1v) is 8.68. The summed E-state index contributed by atoms with van der Waals surface area (Å²) in [5.41, 5.74) is 6.41. The summed E-state index contributed by atoms with van der Waals surface area (Å²) >= 11 is 0. The highest BCUT2D eigenvalue weighted by molar-refractivity contribution is 7.70. The predicted octanol–water partition coefficient (Wildman–Crippen LogP) is 1.25. The molecule has 0 spiro atoms. The van der Waals surface area contributed by atoms with Crippen LogP contribution in [-0.4, -0.2) is 32.3 Å². The Morgan fingerprint density at radius 3 is 2.61 bits per heavy atom. The third kappa shape index (κ3) is 2.50. The van der Waals surface area contributed by atoms with Crippen molar-refractivity contribution >= 4 is 24.0 Å². The minimum atomic E-state index is -2.39. The fraction of sp³-hybridized carbons (Fsp3) is 0.462. The van der Waals surface area contributed by atoms with Crippen LogP contribution in [0.25, 0.3) is 0 Å². The van der Waals surface area contributed by atoms with Gasteiger partial charge in [-0.1, -0.05) is 12.1 Å². The molecule has 1 unspecified atom stereocenters. The summed E-state index contributed by atoms with van der Waals surface area (Å²) in [6.07, 6.45) is 0.489. The lowest BCUT2D eigenvalue weighted by Crippen LogP contribution is -2.30. The minimum absolute atomic E-state index is 0.0753. The van der Waals surface area contributed by atoms with Gasteiger partial charge in [0.2, 0.25) is 5.91 Å². The molecular formula is C13H19N2O2P. The number of nitrogens with two attached hydrogens (primary N) is 1. The Kier molecular flexibility index (Phi) is 3.60. The Labute approximate surface area is 108 Å². The molecule has 1 aromatic rings. The third-order valence-electron chi connectivity index (χ3n) is 3.29. The van der Waals surface area contributed by atoms with Gasteiger partial charge < -0.3 is 15.2 Å². The number of amides is 1. The zero-order valence-electron chi connectivity index (χ0n) is 10.8. The molecule has 98 valence electrons. The molecule has 0 saturated carbocycles. The van der Waals surface area contributed by atoms with E-state index in [2.05, 4.69) is 0 Å². The fourth-order valence-corrected chi connectivity index (χ4v) is 3.51. The van der Waals surface area contributed by atoms with Crippen LogP contribution >= 0.6 is 7.14 Å². The van der Waals surface area contributed by atoms with Gasteiger partial charge in [0, 0.05) is 18.3 Å². The zero-order chi connectivity index (χ0) is 13.3. The molecule has 1 aromatic carbocycles. The van der Waals surface area contributed by atoms with E-state index in [4.69, 9.17) is 5.73 Å². The molecule has 2 N–H and O–H groups in total. The van der Waals surface area contributed by atoms with Gasteiger partial charge in [-0.3, -0.25) is 4.79 Å². The van der Waals surface area contributed by atoms with E-state index in [9.17, 15) is 9.36 Å². The predicted molar refractivity (Wildman–Crippen MR) is 75.0 cm³/mol. The van der Waals surface area contributed by atoms with Gasteiger partial charge in [-0.25, -0.2) is 0 Å². The molecule has 1 aliphatic rings. The number of rotatable bonds is 3. The first-order valence-electron chi connectivity index (χ1n) is 6.08. The van der Waals surface area contributed by atoms with Gasteiger partial charge in [0.15, 0.2) is 0 Å². The van der Waals surface area contributed by atoms with E-state index in [1.165, 1.54) is 0 Å². The van der Waals surface area contributed by atoms with Crippen molar-refractivity contribution in [2.24, 2.45) is 11.7 Å². The smallest absolute Gasteiger partial charge is 0.227 e. The molecule has 0 aliphatic carbocycles. The first kappa shape index (κ1) is 13.3. The molecule has 18 heavy (non-hydrogen) atoms. The second-order valence-corrected chi connectivity index (χ2v) is 8.33. The fourth-order valence-electron chi connectivity index (χ4n) is 2.32. The van der Waals surface area contributed by atoms with Crippen LogP contribution in [0.15, 0.2) is 24.3 Å². The van der Waals surface area contributed by atoms with Crippen molar-refractivity contribution in [2.75, 3.05) is 31.3 Å². The topological polar surface area (TPSA) is 63.4 Å². The van der Waals surface area contributed by atoms with Crippen molar-refractivity contribution in [2.45, 2.75) is 6.42 Å². The zero-order valence-corrected chi connectivity index (χ0v) is 11.7. The molecule has 4 nitrogen and oxygen atoms in total. The van der Waals surface area contributed by atoms with Crippen molar-refractivity contribution in [3.8, 4) is 0 Å². The lowest BCUT2D eigenvalue weighted by Gasteiger charge is -2.22. The SMILES string of the molecule is CP(C)(=O)c1ccccc1N1CC(CN)CC1=O. The monoisotopic (exact) mass is 266 g/mol. The van der Waals surface area contributed by atoms with E-state index < -0.39 is 7.14 Å². The quantitative estimate of drug-likeness (QED) is 0.837. The molecular weight excluding hydrogens is 247 g/mol. The molecule has 1 aliphatic heterocycles. The first-order chi connectivity index (χ1) is 8.43. The van der Waals surface area contributed by atoms with Crippen LogP contribution in [0.5, 0.6) is 0 Å². The average molecular weight is 266 g/mol. The van der Waals surface area contributed by atoms with Crippen LogP contribution in [0.1, 0.15) is 6.42 Å². The summed E-state index contributed by atoms with van der Waals surface area (Å²) < 4.78 is 12.3. The molecule has 0 bridgehead atoms. The van der Waals surface area contributed by atoms with E-state index in [0.29, 0.717) is 19.5 Å². The highest BCUT2D eigenvalue weighted by Gasteiger charge is 2.32. The van der Waals surface area contributed by atoms with Crippen molar-refractivity contribution < 1.29 is 9.36 Å². The minimum Gasteiger partial charge on any atom is -0.330 e. The molecule has 1 amide bonds. The van der Waals surface area contributed by atoms with Gasteiger partial charge in [0.25, 0.3) is 0 Å². The van der Waals surface area contributed by atoms with Gasteiger partial charge in [-0.05, 0) is 37.9 Å². The van der Waals surface area contributed by atoms with Crippen molar-refractivity contribution in [3.05, 3.63) is 24.3 Å². The highest BCUT2D eigenvalue weighted by atomic mass is 31.2. The van der Waals surface area contributed by atoms with Crippen molar-refractivity contribution in [1.29, 1.82) is 0 Å². The van der Waals surface area contributed by atoms with Gasteiger partial charge in [-0.2, -0.15) is 0 Å². The summed E-state index contributed by atoms with van der Waals surface area (Å²) in [5, 5.41) is 0.774. The Balaban J connectivity index is 2.40. The number of hydrogen-bond donors (Lipinski definition) is 1. The van der Waals surface area contributed by atoms with E-state index in [1.807, 2.05) is 24.3 Å². The van der Waals surface area contributed by atoms with Gasteiger partial charge in [0.05, 0.1) is 5.69 Å². The number of para-hydroxylation sites is 1. The number of benzene rings is 1. The standard InChI is InChI=1S/C13H19N2O2P/c1-18(2,17)12-6-4-3-5-11(12)15-9-10(8-14)7-13(15)16/h3-6,10H,7-9,14H2,1-2H3. The molecule has 2 rings (SSSR count). The molecule has 1 saturated heterocycles. The summed E-state index contributed by atoms with van der Waals surface area (Å²) in [4.78, 5) is 13.7. The highest BCUT2D eigenvalue weighted by Crippen LogP contribution is 2.39. The van der Waals surface area contributed by atoms with E-state index in [1.54, 1.807) is 18.2 Å². The number of anilines is 1. The van der Waals surface area contributed by atoms with Crippen molar-refractivity contribution in [3.63, 3.8) is 0 Å². The van der Waals surface area contributed by atoms with Gasteiger partial charge in [0.1, 0.15) is 7.14 Å². The second-order valence-electron chi connectivity index (χ2n) is 5.15.